The molecule has 0 unspecified atom stereocenters. The van der Waals surface area contributed by atoms with Crippen LogP contribution >= 0.6 is 0 Å². The molecule has 0 bridgehead atoms. The molecule has 1 aliphatic rings. The molecule has 1 fully saturated rings. The standard InChI is InChI=1S/C45H50N10O7/c1-25(2)32-22-33(37(57)23-36(32)56)41-51-52-45(62)55(41)31-9-11-35-28(21-31)16-20-53(35)17-13-27-14-18-54(19-15-27)38(58)12-10-34(43(60)61)48-30-7-4-26(5-8-30)3-6-29-24-47-40-39(29)42(59)50-44(46)49-40/h4-5,7-9,11,16,20-25,27,34,48,56-57H,3,6,10,12-15,17-19H2,1-2H3,(H,52,62)(H,60,61)(H4,46,47,49,50,59)/t34-/m0/s1. The Labute approximate surface area is 355 Å². The molecule has 7 aromatic rings. The number of phenolic OH excluding ortho intramolecular Hbond substituents is 2. The topological polar surface area (TPSA) is 253 Å². The smallest absolute Gasteiger partial charge is 0.348 e. The molecule has 322 valence electrons. The fourth-order valence-electron chi connectivity index (χ4n) is 8.52. The lowest BCUT2D eigenvalue weighted by atomic mass is 9.93. The Morgan fingerprint density at radius 3 is 2.50 bits per heavy atom. The average Bonchev–Trinajstić information content (AvgIpc) is 3.97. The van der Waals surface area contributed by atoms with Crippen LogP contribution in [0.3, 0.4) is 0 Å². The molecular formula is C45H50N10O7. The number of carboxylic acids is 1. The van der Waals surface area contributed by atoms with Crippen molar-refractivity contribution in [1.82, 2.24) is 39.2 Å². The quantitative estimate of drug-likeness (QED) is 0.0629. The van der Waals surface area contributed by atoms with Gasteiger partial charge in [0.2, 0.25) is 11.9 Å². The summed E-state index contributed by atoms with van der Waals surface area (Å²) in [6.07, 6.45) is 7.97. The number of nitrogens with one attached hydrogen (secondary N) is 4. The fraction of sp³-hybridized carbons (Fsp3) is 0.333. The third kappa shape index (κ3) is 8.64. The predicted molar refractivity (Wildman–Crippen MR) is 236 cm³/mol. The van der Waals surface area contributed by atoms with Crippen LogP contribution in [0.1, 0.15) is 68.6 Å². The lowest BCUT2D eigenvalue weighted by Gasteiger charge is -2.32. The van der Waals surface area contributed by atoms with E-state index in [1.807, 2.05) is 73.5 Å². The van der Waals surface area contributed by atoms with Gasteiger partial charge in [0.1, 0.15) is 23.2 Å². The molecule has 0 saturated carbocycles. The van der Waals surface area contributed by atoms with E-state index in [-0.39, 0.29) is 53.5 Å². The van der Waals surface area contributed by atoms with E-state index >= 15 is 0 Å². The summed E-state index contributed by atoms with van der Waals surface area (Å²) in [5, 5.41) is 42.2. The normalized spacial score (nSPS) is 14.0. The van der Waals surface area contributed by atoms with Gasteiger partial charge in [-0.3, -0.25) is 14.6 Å². The lowest BCUT2D eigenvalue weighted by Crippen LogP contribution is -2.39. The number of likely N-dealkylation sites (tertiary alicyclic amines) is 1. The number of anilines is 2. The molecule has 8 rings (SSSR count). The van der Waals surface area contributed by atoms with Crippen molar-refractivity contribution in [2.75, 3.05) is 24.1 Å². The Hall–Kier alpha value is -7.30. The minimum absolute atomic E-state index is 0.0177. The lowest BCUT2D eigenvalue weighted by molar-refractivity contribution is -0.138. The maximum absolute atomic E-state index is 13.2. The van der Waals surface area contributed by atoms with Crippen molar-refractivity contribution in [2.24, 2.45) is 5.92 Å². The minimum Gasteiger partial charge on any atom is -0.508 e. The fourth-order valence-corrected chi connectivity index (χ4v) is 8.52. The number of benzene rings is 3. The first-order chi connectivity index (χ1) is 29.8. The average molecular weight is 843 g/mol. The van der Waals surface area contributed by atoms with Gasteiger partial charge in [0, 0.05) is 61.1 Å². The minimum atomic E-state index is -1.03. The second kappa shape index (κ2) is 17.4. The first kappa shape index (κ1) is 41.4. The molecule has 17 heteroatoms. The molecule has 17 nitrogen and oxygen atoms in total. The van der Waals surface area contributed by atoms with E-state index in [0.717, 1.165) is 47.8 Å². The number of fused-ring (bicyclic) bond motifs is 2. The number of aryl methyl sites for hydroxylation is 3. The summed E-state index contributed by atoms with van der Waals surface area (Å²) in [4.78, 5) is 62.3. The summed E-state index contributed by atoms with van der Waals surface area (Å²) in [6.45, 7) is 5.89. The Balaban J connectivity index is 0.811. The highest BCUT2D eigenvalue weighted by Gasteiger charge is 2.26. The number of aliphatic carboxylic acids is 1. The molecule has 9 N–H and O–H groups in total. The van der Waals surface area contributed by atoms with Crippen molar-refractivity contribution in [2.45, 2.75) is 77.3 Å². The number of amides is 1. The van der Waals surface area contributed by atoms with E-state index in [1.165, 1.54) is 10.6 Å². The van der Waals surface area contributed by atoms with E-state index in [2.05, 4.69) is 35.0 Å². The summed E-state index contributed by atoms with van der Waals surface area (Å²) >= 11 is 0. The number of carbonyl (C=O) groups is 2. The van der Waals surface area contributed by atoms with Crippen LogP contribution in [-0.4, -0.2) is 85.5 Å². The van der Waals surface area contributed by atoms with E-state index in [0.29, 0.717) is 65.4 Å². The van der Waals surface area contributed by atoms with Gasteiger partial charge < -0.3 is 40.8 Å². The van der Waals surface area contributed by atoms with Gasteiger partial charge in [-0.05, 0) is 110 Å². The van der Waals surface area contributed by atoms with Crippen molar-refractivity contribution < 1.29 is 24.9 Å². The Morgan fingerprint density at radius 1 is 0.984 bits per heavy atom. The van der Waals surface area contributed by atoms with E-state index in [4.69, 9.17) is 5.73 Å². The zero-order valence-electron chi connectivity index (χ0n) is 34.5. The number of carboxylic acid groups (broad SMARTS) is 1. The maximum atomic E-state index is 13.2. The van der Waals surface area contributed by atoms with Crippen LogP contribution in [0.4, 0.5) is 11.6 Å². The second-order valence-corrected chi connectivity index (χ2v) is 16.4. The first-order valence-electron chi connectivity index (χ1n) is 20.9. The van der Waals surface area contributed by atoms with E-state index in [1.54, 1.807) is 12.3 Å². The molecule has 4 aromatic heterocycles. The number of nitrogen functional groups attached to an aromatic ring is 1. The molecule has 1 saturated heterocycles. The van der Waals surface area contributed by atoms with Gasteiger partial charge in [0.15, 0.2) is 5.82 Å². The number of hydrogen-bond acceptors (Lipinski definition) is 10. The summed E-state index contributed by atoms with van der Waals surface area (Å²) in [5.74, 6) is -0.582. The van der Waals surface area contributed by atoms with Gasteiger partial charge in [-0.2, -0.15) is 10.1 Å². The van der Waals surface area contributed by atoms with Crippen LogP contribution in [0.2, 0.25) is 0 Å². The van der Waals surface area contributed by atoms with E-state index < -0.39 is 17.7 Å². The van der Waals surface area contributed by atoms with Gasteiger partial charge in [0.05, 0.1) is 16.6 Å². The van der Waals surface area contributed by atoms with Crippen molar-refractivity contribution in [3.8, 4) is 28.6 Å². The number of hydrogen-bond donors (Lipinski definition) is 8. The van der Waals surface area contributed by atoms with Gasteiger partial charge in [-0.1, -0.05) is 26.0 Å². The number of rotatable bonds is 15. The molecule has 3 aromatic carbocycles. The van der Waals surface area contributed by atoms with Crippen molar-refractivity contribution in [3.63, 3.8) is 0 Å². The predicted octanol–water partition coefficient (Wildman–Crippen LogP) is 5.62. The van der Waals surface area contributed by atoms with Gasteiger partial charge in [-0.15, -0.1) is 0 Å². The zero-order chi connectivity index (χ0) is 43.7. The number of phenols is 2. The summed E-state index contributed by atoms with van der Waals surface area (Å²) < 4.78 is 3.60. The molecule has 1 atom stereocenters. The monoisotopic (exact) mass is 842 g/mol. The summed E-state index contributed by atoms with van der Waals surface area (Å²) in [5.41, 5.74) is 10.4. The molecule has 0 radical (unpaired) electrons. The number of aromatic hydroxyl groups is 2. The summed E-state index contributed by atoms with van der Waals surface area (Å²) in [7, 11) is 0. The number of aromatic amines is 3. The molecule has 62 heavy (non-hydrogen) atoms. The number of carbonyl (C=O) groups excluding carboxylic acids is 1. The number of nitrogens with zero attached hydrogens (tertiary/aromatic N) is 5. The zero-order valence-corrected chi connectivity index (χ0v) is 34.5. The second-order valence-electron chi connectivity index (χ2n) is 16.4. The Kier molecular flexibility index (Phi) is 11.6. The van der Waals surface area contributed by atoms with Gasteiger partial charge in [-0.25, -0.2) is 19.3 Å². The molecule has 5 heterocycles. The van der Waals surface area contributed by atoms with Crippen LogP contribution in [-0.2, 0) is 29.0 Å². The highest BCUT2D eigenvalue weighted by atomic mass is 16.4. The number of H-pyrrole nitrogens is 3. The van der Waals surface area contributed by atoms with Crippen LogP contribution < -0.4 is 22.3 Å². The molecule has 0 spiro atoms. The van der Waals surface area contributed by atoms with Crippen LogP contribution in [0, 0.1) is 5.92 Å². The number of aromatic nitrogens is 7. The van der Waals surface area contributed by atoms with Crippen LogP contribution in [0.25, 0.3) is 39.0 Å². The van der Waals surface area contributed by atoms with E-state index in [9.17, 15) is 34.5 Å². The molecule has 1 aliphatic heterocycles. The van der Waals surface area contributed by atoms with Crippen LogP contribution in [0.5, 0.6) is 11.5 Å². The van der Waals surface area contributed by atoms with Crippen LogP contribution in [0.15, 0.2) is 82.6 Å². The highest BCUT2D eigenvalue weighted by molar-refractivity contribution is 5.83. The molecule has 1 amide bonds. The Morgan fingerprint density at radius 2 is 1.76 bits per heavy atom. The first-order valence-corrected chi connectivity index (χ1v) is 20.9. The number of piperidine rings is 1. The molecule has 0 aliphatic carbocycles. The van der Waals surface area contributed by atoms with Crippen molar-refractivity contribution >= 4 is 45.4 Å². The van der Waals surface area contributed by atoms with Crippen molar-refractivity contribution in [3.05, 3.63) is 111 Å². The third-order valence-electron chi connectivity index (χ3n) is 12.0. The maximum Gasteiger partial charge on any atom is 0.348 e. The highest BCUT2D eigenvalue weighted by Crippen LogP contribution is 2.37. The number of nitrogens with two attached hydrogens (primary N) is 1. The SMILES string of the molecule is CC(C)c1cc(-c2n[nH]c(=O)n2-c2ccc3c(ccn3CCC3CCN(C(=O)CC[C@H](Nc4ccc(CCc5c[nH]c6nc(N)[nH]c(=O)c56)cc4)C(=O)O)CC3)c2)c(O)cc1O. The Bertz CT molecular complexity index is 2880. The van der Waals surface area contributed by atoms with Gasteiger partial charge in [0.25, 0.3) is 5.56 Å². The van der Waals surface area contributed by atoms with Crippen molar-refractivity contribution in [1.29, 1.82) is 0 Å². The van der Waals surface area contributed by atoms with Gasteiger partial charge >= 0.3 is 11.7 Å². The largest absolute Gasteiger partial charge is 0.508 e. The third-order valence-corrected chi connectivity index (χ3v) is 12.0. The molecular weight excluding hydrogens is 793 g/mol. The summed E-state index contributed by atoms with van der Waals surface area (Å²) in [6, 6.07) is 17.2.